The van der Waals surface area contributed by atoms with Gasteiger partial charge in [0.2, 0.25) is 5.82 Å². The van der Waals surface area contributed by atoms with Gasteiger partial charge in [-0.2, -0.15) is 5.10 Å². The van der Waals surface area contributed by atoms with Crippen molar-refractivity contribution in [3.8, 4) is 28.8 Å². The van der Waals surface area contributed by atoms with Crippen molar-refractivity contribution in [2.24, 2.45) is 0 Å². The Hall–Kier alpha value is -4.24. The van der Waals surface area contributed by atoms with Gasteiger partial charge in [0, 0.05) is 17.5 Å². The lowest BCUT2D eigenvalue weighted by molar-refractivity contribution is -0.384. The molecule has 0 aliphatic rings. The number of nitro benzene ring substituents is 1. The standard InChI is InChI=1S/C22H14N4O4S/c27-26(28)16-7-11-18(12-8-16)29-17-9-5-15(6-10-17)25-21(23-24-22(25)31)20-13-14-3-1-2-4-19(14)30-20/h1-13H,(H,24,31). The van der Waals surface area contributed by atoms with E-state index in [2.05, 4.69) is 10.2 Å². The van der Waals surface area contributed by atoms with Crippen LogP contribution in [-0.4, -0.2) is 19.7 Å². The Balaban J connectivity index is 1.44. The predicted octanol–water partition coefficient (Wildman–Crippen LogP) is 6.04. The highest BCUT2D eigenvalue weighted by Gasteiger charge is 2.15. The fraction of sp³-hybridized carbons (Fsp3) is 0. The van der Waals surface area contributed by atoms with Gasteiger partial charge >= 0.3 is 0 Å². The third kappa shape index (κ3) is 3.58. The lowest BCUT2D eigenvalue weighted by atomic mass is 10.2. The van der Waals surface area contributed by atoms with Crippen LogP contribution in [-0.2, 0) is 0 Å². The van der Waals surface area contributed by atoms with E-state index in [0.717, 1.165) is 16.7 Å². The molecule has 2 aromatic heterocycles. The summed E-state index contributed by atoms with van der Waals surface area (Å²) < 4.78 is 13.9. The Morgan fingerprint density at radius 2 is 1.68 bits per heavy atom. The first-order valence-corrected chi connectivity index (χ1v) is 9.68. The molecule has 0 unspecified atom stereocenters. The second-order valence-electron chi connectivity index (χ2n) is 6.68. The van der Waals surface area contributed by atoms with Crippen LogP contribution in [0.1, 0.15) is 0 Å². The molecule has 0 spiro atoms. The van der Waals surface area contributed by atoms with E-state index in [0.29, 0.717) is 27.9 Å². The van der Waals surface area contributed by atoms with Crippen molar-refractivity contribution >= 4 is 28.9 Å². The summed E-state index contributed by atoms with van der Waals surface area (Å²) in [6.07, 6.45) is 0. The van der Waals surface area contributed by atoms with Crippen molar-refractivity contribution in [2.45, 2.75) is 0 Å². The van der Waals surface area contributed by atoms with Crippen LogP contribution in [0.2, 0.25) is 0 Å². The molecule has 9 heteroatoms. The summed E-state index contributed by atoms with van der Waals surface area (Å²) in [5.41, 5.74) is 1.56. The van der Waals surface area contributed by atoms with Crippen LogP contribution in [0.15, 0.2) is 83.3 Å². The zero-order valence-corrected chi connectivity index (χ0v) is 16.7. The van der Waals surface area contributed by atoms with Crippen molar-refractivity contribution in [1.82, 2.24) is 14.8 Å². The Bertz CT molecular complexity index is 1420. The highest BCUT2D eigenvalue weighted by molar-refractivity contribution is 7.71. The molecule has 5 rings (SSSR count). The first kappa shape index (κ1) is 18.8. The Morgan fingerprint density at radius 1 is 1.00 bits per heavy atom. The fourth-order valence-corrected chi connectivity index (χ4v) is 3.47. The number of non-ortho nitro benzene ring substituents is 1. The van der Waals surface area contributed by atoms with Gasteiger partial charge < -0.3 is 9.15 Å². The summed E-state index contributed by atoms with van der Waals surface area (Å²) in [6, 6.07) is 22.8. The third-order valence-electron chi connectivity index (χ3n) is 4.70. The number of fused-ring (bicyclic) bond motifs is 1. The van der Waals surface area contributed by atoms with Crippen molar-refractivity contribution in [3.63, 3.8) is 0 Å². The zero-order chi connectivity index (χ0) is 21.4. The molecule has 31 heavy (non-hydrogen) atoms. The van der Waals surface area contributed by atoms with E-state index in [9.17, 15) is 10.1 Å². The molecule has 0 aliphatic heterocycles. The number of furan rings is 1. The zero-order valence-electron chi connectivity index (χ0n) is 15.9. The van der Waals surface area contributed by atoms with Crippen LogP contribution < -0.4 is 4.74 Å². The van der Waals surface area contributed by atoms with Crippen LogP contribution in [0.4, 0.5) is 5.69 Å². The molecule has 152 valence electrons. The topological polar surface area (TPSA) is 99.1 Å². The third-order valence-corrected chi connectivity index (χ3v) is 4.97. The van der Waals surface area contributed by atoms with Gasteiger partial charge in [-0.25, -0.2) is 0 Å². The number of nitrogens with one attached hydrogen (secondary N) is 1. The van der Waals surface area contributed by atoms with E-state index in [1.165, 1.54) is 12.1 Å². The molecule has 5 aromatic rings. The molecule has 0 bridgehead atoms. The van der Waals surface area contributed by atoms with Crippen molar-refractivity contribution < 1.29 is 14.1 Å². The summed E-state index contributed by atoms with van der Waals surface area (Å²) in [5, 5.41) is 18.9. The van der Waals surface area contributed by atoms with Crippen LogP contribution in [0.5, 0.6) is 11.5 Å². The SMILES string of the molecule is O=[N+]([O-])c1ccc(Oc2ccc(-n3c(-c4cc5ccccc5o4)n[nH]c3=S)cc2)cc1. The van der Waals surface area contributed by atoms with Gasteiger partial charge in [0.15, 0.2) is 10.5 Å². The summed E-state index contributed by atoms with van der Waals surface area (Å²) >= 11 is 5.42. The summed E-state index contributed by atoms with van der Waals surface area (Å²) in [5.74, 6) is 2.24. The van der Waals surface area contributed by atoms with Gasteiger partial charge in [-0.05, 0) is 60.7 Å². The number of ether oxygens (including phenoxy) is 1. The number of H-pyrrole nitrogens is 1. The minimum absolute atomic E-state index is 0.00940. The molecule has 0 aliphatic carbocycles. The molecule has 3 aromatic carbocycles. The number of nitrogens with zero attached hydrogens (tertiary/aromatic N) is 3. The maximum atomic E-state index is 10.8. The first-order chi connectivity index (χ1) is 15.1. The summed E-state index contributed by atoms with van der Waals surface area (Å²) in [7, 11) is 0. The monoisotopic (exact) mass is 430 g/mol. The van der Waals surface area contributed by atoms with E-state index < -0.39 is 4.92 Å². The number of nitro groups is 1. The summed E-state index contributed by atoms with van der Waals surface area (Å²) in [6.45, 7) is 0. The van der Waals surface area contributed by atoms with E-state index >= 15 is 0 Å². The highest BCUT2D eigenvalue weighted by atomic mass is 32.1. The minimum Gasteiger partial charge on any atom is -0.457 e. The molecular formula is C22H14N4O4S. The molecule has 0 atom stereocenters. The van der Waals surface area contributed by atoms with Gasteiger partial charge in [0.05, 0.1) is 10.6 Å². The fourth-order valence-electron chi connectivity index (χ4n) is 3.23. The number of aromatic amines is 1. The average Bonchev–Trinajstić information content (AvgIpc) is 3.38. The first-order valence-electron chi connectivity index (χ1n) is 9.27. The number of rotatable bonds is 5. The quantitative estimate of drug-likeness (QED) is 0.207. The smallest absolute Gasteiger partial charge is 0.269 e. The summed E-state index contributed by atoms with van der Waals surface area (Å²) in [4.78, 5) is 10.3. The average molecular weight is 430 g/mol. The number of benzene rings is 3. The maximum absolute atomic E-state index is 10.8. The largest absolute Gasteiger partial charge is 0.457 e. The Morgan fingerprint density at radius 3 is 2.35 bits per heavy atom. The van der Waals surface area contributed by atoms with Gasteiger partial charge in [-0.15, -0.1) is 0 Å². The lowest BCUT2D eigenvalue weighted by Gasteiger charge is -2.08. The van der Waals surface area contributed by atoms with Crippen molar-refractivity contribution in [1.29, 1.82) is 0 Å². The number of aromatic nitrogens is 3. The van der Waals surface area contributed by atoms with Crippen LogP contribution in [0.25, 0.3) is 28.2 Å². The molecule has 8 nitrogen and oxygen atoms in total. The van der Waals surface area contributed by atoms with Gasteiger partial charge in [0.1, 0.15) is 17.1 Å². The van der Waals surface area contributed by atoms with Crippen LogP contribution in [0.3, 0.4) is 0 Å². The van der Waals surface area contributed by atoms with E-state index in [-0.39, 0.29) is 5.69 Å². The molecule has 2 heterocycles. The second kappa shape index (κ2) is 7.54. The van der Waals surface area contributed by atoms with E-state index in [1.807, 2.05) is 42.5 Å². The Labute approximate surface area is 180 Å². The normalized spacial score (nSPS) is 11.0. The van der Waals surface area contributed by atoms with Gasteiger partial charge in [0.25, 0.3) is 5.69 Å². The highest BCUT2D eigenvalue weighted by Crippen LogP contribution is 2.29. The molecule has 0 saturated heterocycles. The van der Waals surface area contributed by atoms with Crippen LogP contribution >= 0.6 is 12.2 Å². The number of hydrogen-bond acceptors (Lipinski definition) is 6. The van der Waals surface area contributed by atoms with E-state index in [1.54, 1.807) is 28.8 Å². The van der Waals surface area contributed by atoms with Gasteiger partial charge in [-0.1, -0.05) is 18.2 Å². The van der Waals surface area contributed by atoms with Crippen LogP contribution in [0, 0.1) is 14.9 Å². The van der Waals surface area contributed by atoms with Gasteiger partial charge in [-0.3, -0.25) is 19.8 Å². The predicted molar refractivity (Wildman–Crippen MR) is 117 cm³/mol. The van der Waals surface area contributed by atoms with Crippen molar-refractivity contribution in [2.75, 3.05) is 0 Å². The molecule has 0 fully saturated rings. The Kier molecular flexibility index (Phi) is 4.57. The van der Waals surface area contributed by atoms with Crippen molar-refractivity contribution in [3.05, 3.63) is 93.7 Å². The molecule has 0 saturated carbocycles. The maximum Gasteiger partial charge on any atom is 0.269 e. The molecule has 0 radical (unpaired) electrons. The number of para-hydroxylation sites is 1. The molecular weight excluding hydrogens is 416 g/mol. The minimum atomic E-state index is -0.452. The van der Waals surface area contributed by atoms with E-state index in [4.69, 9.17) is 21.4 Å². The lowest BCUT2D eigenvalue weighted by Crippen LogP contribution is -1.97. The molecule has 1 N–H and O–H groups in total. The number of hydrogen-bond donors (Lipinski definition) is 1. The molecule has 0 amide bonds. The second-order valence-corrected chi connectivity index (χ2v) is 7.07.